The van der Waals surface area contributed by atoms with Gasteiger partial charge in [-0.1, -0.05) is 0 Å². The Morgan fingerprint density at radius 2 is 2.15 bits per heavy atom. The largest absolute Gasteiger partial charge is 0.314 e. The van der Waals surface area contributed by atoms with Gasteiger partial charge in [0, 0.05) is 31.5 Å². The zero-order valence-corrected chi connectivity index (χ0v) is 7.77. The Balaban J connectivity index is 1.90. The summed E-state index contributed by atoms with van der Waals surface area (Å²) < 4.78 is 0. The van der Waals surface area contributed by atoms with Gasteiger partial charge in [-0.15, -0.1) is 0 Å². The van der Waals surface area contributed by atoms with Gasteiger partial charge in [-0.05, 0) is 13.1 Å². The van der Waals surface area contributed by atoms with Crippen molar-refractivity contribution in [2.45, 2.75) is 12.6 Å². The van der Waals surface area contributed by atoms with Gasteiger partial charge in [0.05, 0.1) is 6.54 Å². The van der Waals surface area contributed by atoms with Crippen molar-refractivity contribution < 1.29 is 0 Å². The molecule has 0 unspecified atom stereocenters. The van der Waals surface area contributed by atoms with Crippen LogP contribution in [0.15, 0.2) is 18.5 Å². The Morgan fingerprint density at radius 1 is 1.46 bits per heavy atom. The molecule has 0 spiro atoms. The van der Waals surface area contributed by atoms with E-state index in [1.165, 1.54) is 0 Å². The lowest BCUT2D eigenvalue weighted by Gasteiger charge is -2.35. The first-order valence-corrected chi connectivity index (χ1v) is 4.53. The predicted molar refractivity (Wildman–Crippen MR) is 50.2 cm³/mol. The molecule has 4 heteroatoms. The summed E-state index contributed by atoms with van der Waals surface area (Å²) in [7, 11) is 2.11. The summed E-state index contributed by atoms with van der Waals surface area (Å²) in [5.41, 5.74) is 0. The summed E-state index contributed by atoms with van der Waals surface area (Å²) in [6.45, 7) is 3.01. The van der Waals surface area contributed by atoms with Crippen molar-refractivity contribution in [2.24, 2.45) is 0 Å². The van der Waals surface area contributed by atoms with Gasteiger partial charge in [0.15, 0.2) is 0 Å². The van der Waals surface area contributed by atoms with E-state index >= 15 is 0 Å². The zero-order chi connectivity index (χ0) is 9.10. The van der Waals surface area contributed by atoms with Crippen LogP contribution in [0.2, 0.25) is 0 Å². The van der Waals surface area contributed by atoms with Crippen LogP contribution in [0, 0.1) is 0 Å². The second kappa shape index (κ2) is 3.81. The van der Waals surface area contributed by atoms with Crippen LogP contribution in [0.4, 0.5) is 0 Å². The third-order valence-corrected chi connectivity index (χ3v) is 2.39. The fourth-order valence-electron chi connectivity index (χ4n) is 1.35. The molecule has 0 atom stereocenters. The van der Waals surface area contributed by atoms with Crippen LogP contribution in [0.25, 0.3) is 0 Å². The van der Waals surface area contributed by atoms with Gasteiger partial charge in [-0.3, -0.25) is 4.90 Å². The van der Waals surface area contributed by atoms with Gasteiger partial charge in [0.25, 0.3) is 0 Å². The Labute approximate surface area is 78.0 Å². The fourth-order valence-corrected chi connectivity index (χ4v) is 1.35. The highest BCUT2D eigenvalue weighted by Gasteiger charge is 2.21. The highest BCUT2D eigenvalue weighted by molar-refractivity contribution is 4.91. The number of hydrogen-bond donors (Lipinski definition) is 1. The minimum absolute atomic E-state index is 0.656. The van der Waals surface area contributed by atoms with E-state index in [9.17, 15) is 0 Å². The van der Waals surface area contributed by atoms with Crippen molar-refractivity contribution in [3.05, 3.63) is 24.3 Å². The average molecular weight is 178 g/mol. The van der Waals surface area contributed by atoms with E-state index < -0.39 is 0 Å². The first kappa shape index (κ1) is 8.59. The number of nitrogens with zero attached hydrogens (tertiary/aromatic N) is 3. The second-order valence-corrected chi connectivity index (χ2v) is 3.39. The smallest absolute Gasteiger partial charge is 0.142 e. The van der Waals surface area contributed by atoms with Gasteiger partial charge in [-0.2, -0.15) is 0 Å². The lowest BCUT2D eigenvalue weighted by atomic mass is 10.1. The average Bonchev–Trinajstić information content (AvgIpc) is 2.02. The Kier molecular flexibility index (Phi) is 2.52. The minimum atomic E-state index is 0.656. The number of hydrogen-bond acceptors (Lipinski definition) is 4. The van der Waals surface area contributed by atoms with E-state index in [1.54, 1.807) is 12.4 Å². The fraction of sp³-hybridized carbons (Fsp3) is 0.556. The topological polar surface area (TPSA) is 41.1 Å². The molecule has 1 aliphatic heterocycles. The van der Waals surface area contributed by atoms with Crippen molar-refractivity contribution in [3.63, 3.8) is 0 Å². The van der Waals surface area contributed by atoms with E-state index in [0.717, 1.165) is 25.5 Å². The number of rotatable bonds is 3. The molecular formula is C9H14N4. The third kappa shape index (κ3) is 2.02. The molecule has 70 valence electrons. The molecule has 0 bridgehead atoms. The molecule has 0 amide bonds. The molecule has 1 N–H and O–H groups in total. The van der Waals surface area contributed by atoms with E-state index in [1.807, 2.05) is 6.07 Å². The second-order valence-electron chi connectivity index (χ2n) is 3.39. The van der Waals surface area contributed by atoms with Crippen LogP contribution in [0.1, 0.15) is 5.82 Å². The molecule has 13 heavy (non-hydrogen) atoms. The molecule has 1 fully saturated rings. The maximum Gasteiger partial charge on any atom is 0.142 e. The van der Waals surface area contributed by atoms with Crippen LogP contribution in [0.3, 0.4) is 0 Å². The van der Waals surface area contributed by atoms with Gasteiger partial charge in [-0.25, -0.2) is 9.97 Å². The van der Waals surface area contributed by atoms with E-state index in [2.05, 4.69) is 27.2 Å². The molecule has 1 aliphatic rings. The maximum atomic E-state index is 4.19. The van der Waals surface area contributed by atoms with Crippen LogP contribution >= 0.6 is 0 Å². The summed E-state index contributed by atoms with van der Waals surface area (Å²) in [5.74, 6) is 0.900. The highest BCUT2D eigenvalue weighted by Crippen LogP contribution is 2.04. The van der Waals surface area contributed by atoms with E-state index in [4.69, 9.17) is 0 Å². The maximum absolute atomic E-state index is 4.19. The van der Waals surface area contributed by atoms with Crippen LogP contribution in [0.5, 0.6) is 0 Å². The first-order chi connectivity index (χ1) is 6.36. The quantitative estimate of drug-likeness (QED) is 0.700. The Bertz CT molecular complexity index is 258. The summed E-state index contributed by atoms with van der Waals surface area (Å²) in [5, 5.41) is 3.25. The number of aromatic nitrogens is 2. The van der Waals surface area contributed by atoms with Gasteiger partial charge in [0.1, 0.15) is 5.82 Å². The van der Waals surface area contributed by atoms with Gasteiger partial charge >= 0.3 is 0 Å². The van der Waals surface area contributed by atoms with Crippen LogP contribution in [-0.4, -0.2) is 41.0 Å². The molecule has 2 heterocycles. The molecule has 2 rings (SSSR count). The minimum Gasteiger partial charge on any atom is -0.314 e. The van der Waals surface area contributed by atoms with Gasteiger partial charge < -0.3 is 5.32 Å². The van der Waals surface area contributed by atoms with Crippen molar-refractivity contribution in [3.8, 4) is 0 Å². The summed E-state index contributed by atoms with van der Waals surface area (Å²) >= 11 is 0. The lowest BCUT2D eigenvalue weighted by molar-refractivity contribution is 0.169. The summed E-state index contributed by atoms with van der Waals surface area (Å²) in [4.78, 5) is 10.7. The predicted octanol–water partition coefficient (Wildman–Crippen LogP) is -0.120. The first-order valence-electron chi connectivity index (χ1n) is 4.53. The van der Waals surface area contributed by atoms with Crippen LogP contribution < -0.4 is 5.32 Å². The molecule has 0 saturated carbocycles. The van der Waals surface area contributed by atoms with E-state index in [0.29, 0.717) is 6.04 Å². The highest BCUT2D eigenvalue weighted by atomic mass is 15.2. The van der Waals surface area contributed by atoms with Gasteiger partial charge in [0.2, 0.25) is 0 Å². The molecule has 0 aromatic carbocycles. The van der Waals surface area contributed by atoms with Crippen molar-refractivity contribution in [1.29, 1.82) is 0 Å². The Hall–Kier alpha value is -1.00. The SMILES string of the molecule is CN(Cc1ncccn1)C1CNC1. The Morgan fingerprint density at radius 3 is 2.69 bits per heavy atom. The van der Waals surface area contributed by atoms with Crippen molar-refractivity contribution in [2.75, 3.05) is 20.1 Å². The molecule has 4 nitrogen and oxygen atoms in total. The summed E-state index contributed by atoms with van der Waals surface area (Å²) in [6, 6.07) is 2.50. The zero-order valence-electron chi connectivity index (χ0n) is 7.77. The standard InChI is InChI=1S/C9H14N4/c1-13(8-5-10-6-8)7-9-11-3-2-4-12-9/h2-4,8,10H,5-7H2,1H3. The summed E-state index contributed by atoms with van der Waals surface area (Å²) in [6.07, 6.45) is 3.57. The molecule has 0 radical (unpaired) electrons. The molecule has 1 saturated heterocycles. The normalized spacial score (nSPS) is 17.4. The van der Waals surface area contributed by atoms with Crippen molar-refractivity contribution in [1.82, 2.24) is 20.2 Å². The third-order valence-electron chi connectivity index (χ3n) is 2.39. The monoisotopic (exact) mass is 178 g/mol. The van der Waals surface area contributed by atoms with E-state index in [-0.39, 0.29) is 0 Å². The lowest BCUT2D eigenvalue weighted by Crippen LogP contribution is -2.55. The molecular weight excluding hydrogens is 164 g/mol. The molecule has 0 aliphatic carbocycles. The number of likely N-dealkylation sites (N-methyl/N-ethyl adjacent to an activating group) is 1. The molecule has 1 aromatic heterocycles. The van der Waals surface area contributed by atoms with Crippen molar-refractivity contribution >= 4 is 0 Å². The number of nitrogens with one attached hydrogen (secondary N) is 1. The molecule has 1 aromatic rings. The van der Waals surface area contributed by atoms with Crippen LogP contribution in [-0.2, 0) is 6.54 Å².